The van der Waals surface area contributed by atoms with Gasteiger partial charge in [0.2, 0.25) is 0 Å². The molecule has 0 aliphatic rings. The first kappa shape index (κ1) is 11.5. The van der Waals surface area contributed by atoms with E-state index in [0.717, 1.165) is 17.7 Å². The molecule has 0 aliphatic carbocycles. The van der Waals surface area contributed by atoms with Gasteiger partial charge in [-0.3, -0.25) is 0 Å². The van der Waals surface area contributed by atoms with E-state index in [-0.39, 0.29) is 0 Å². The number of hydrogen-bond donors (Lipinski definition) is 0. The summed E-state index contributed by atoms with van der Waals surface area (Å²) in [5, 5.41) is 0. The van der Waals surface area contributed by atoms with Gasteiger partial charge in [0.05, 0.1) is 5.56 Å². The molecule has 1 rings (SSSR count). The maximum absolute atomic E-state index is 12.3. The monoisotopic (exact) mass is 412 g/mol. The maximum atomic E-state index is 12.3. The maximum Gasteiger partial charge on any atom is 0.416 e. The van der Waals surface area contributed by atoms with Gasteiger partial charge < -0.3 is 0 Å². The molecule has 1 aromatic carbocycles. The van der Waals surface area contributed by atoms with Crippen LogP contribution in [-0.4, -0.2) is 0 Å². The lowest BCUT2D eigenvalue weighted by Gasteiger charge is -2.09. The highest BCUT2D eigenvalue weighted by Gasteiger charge is 2.31. The van der Waals surface area contributed by atoms with Crippen LogP contribution in [0.4, 0.5) is 13.2 Å². The molecule has 5 heteroatoms. The van der Waals surface area contributed by atoms with Gasteiger partial charge in [-0.05, 0) is 69.8 Å². The van der Waals surface area contributed by atoms with Crippen LogP contribution in [0.15, 0.2) is 12.1 Å². The van der Waals surface area contributed by atoms with Crippen molar-refractivity contribution in [2.24, 2.45) is 0 Å². The summed E-state index contributed by atoms with van der Waals surface area (Å²) in [7, 11) is 0. The molecule has 0 fully saturated rings. The van der Waals surface area contributed by atoms with Crippen molar-refractivity contribution in [2.75, 3.05) is 0 Å². The first-order chi connectivity index (χ1) is 5.82. The third-order valence-corrected chi connectivity index (χ3v) is 3.85. The molecule has 0 saturated heterocycles. The van der Waals surface area contributed by atoms with Crippen molar-refractivity contribution in [3.05, 3.63) is 30.4 Å². The summed E-state index contributed by atoms with van der Waals surface area (Å²) in [5.41, 5.74) is 0.320. The highest BCUT2D eigenvalue weighted by Crippen LogP contribution is 2.32. The minimum absolute atomic E-state index is 0.577. The molecule has 0 N–H and O–H groups in total. The molecule has 0 atom stereocenters. The van der Waals surface area contributed by atoms with Crippen LogP contribution in [-0.2, 0) is 6.18 Å². The zero-order valence-corrected chi connectivity index (χ0v) is 10.9. The molecule has 13 heavy (non-hydrogen) atoms. The Labute approximate surface area is 101 Å². The van der Waals surface area contributed by atoms with E-state index in [0.29, 0.717) is 7.14 Å². The molecule has 0 aliphatic heterocycles. The Morgan fingerprint density at radius 3 is 1.77 bits per heavy atom. The van der Waals surface area contributed by atoms with Gasteiger partial charge in [0.25, 0.3) is 0 Å². The topological polar surface area (TPSA) is 0 Å². The van der Waals surface area contributed by atoms with Crippen molar-refractivity contribution in [3.8, 4) is 0 Å². The van der Waals surface area contributed by atoms with Crippen molar-refractivity contribution in [1.29, 1.82) is 0 Å². The van der Waals surface area contributed by atoms with E-state index in [1.807, 2.05) is 52.1 Å². The van der Waals surface area contributed by atoms with Gasteiger partial charge in [0.1, 0.15) is 0 Å². The number of halogens is 5. The molecule has 0 bridgehead atoms. The largest absolute Gasteiger partial charge is 0.416 e. The van der Waals surface area contributed by atoms with Gasteiger partial charge >= 0.3 is 6.18 Å². The van der Waals surface area contributed by atoms with E-state index in [1.165, 1.54) is 0 Å². The van der Waals surface area contributed by atoms with Gasteiger partial charge in [-0.2, -0.15) is 13.2 Å². The van der Waals surface area contributed by atoms with Crippen molar-refractivity contribution in [2.45, 2.75) is 13.1 Å². The van der Waals surface area contributed by atoms with Crippen LogP contribution in [0.5, 0.6) is 0 Å². The van der Waals surface area contributed by atoms with Crippen LogP contribution in [0.1, 0.15) is 11.1 Å². The van der Waals surface area contributed by atoms with Crippen LogP contribution in [0.25, 0.3) is 0 Å². The fourth-order valence-corrected chi connectivity index (χ4v) is 2.58. The third kappa shape index (κ3) is 2.71. The molecule has 0 nitrogen and oxygen atoms in total. The summed E-state index contributed by atoms with van der Waals surface area (Å²) in [5.74, 6) is 0. The minimum atomic E-state index is -4.24. The zero-order valence-electron chi connectivity index (χ0n) is 6.54. The Morgan fingerprint density at radius 1 is 1.08 bits per heavy atom. The second-order valence-electron chi connectivity index (χ2n) is 2.56. The van der Waals surface area contributed by atoms with Gasteiger partial charge in [-0.1, -0.05) is 0 Å². The van der Waals surface area contributed by atoms with Crippen LogP contribution < -0.4 is 0 Å². The SMILES string of the molecule is Cc1c(I)cc(C(F)(F)F)cc1I. The summed E-state index contributed by atoms with van der Waals surface area (Å²) in [4.78, 5) is 0. The normalized spacial score (nSPS) is 11.8. The van der Waals surface area contributed by atoms with Crippen LogP contribution in [0, 0.1) is 14.1 Å². The summed E-state index contributed by atoms with van der Waals surface area (Å²) in [6.07, 6.45) is -4.24. The Balaban J connectivity index is 3.29. The van der Waals surface area contributed by atoms with Crippen LogP contribution in [0.2, 0.25) is 0 Å². The van der Waals surface area contributed by atoms with E-state index >= 15 is 0 Å². The molecule has 0 saturated carbocycles. The van der Waals surface area contributed by atoms with Crippen molar-refractivity contribution in [3.63, 3.8) is 0 Å². The first-order valence-electron chi connectivity index (χ1n) is 3.35. The Hall–Kier alpha value is 0.470. The smallest absolute Gasteiger partial charge is 0.166 e. The third-order valence-electron chi connectivity index (χ3n) is 1.61. The molecule has 72 valence electrons. The average molecular weight is 412 g/mol. The Morgan fingerprint density at radius 2 is 1.46 bits per heavy atom. The molecular formula is C8H5F3I2. The second kappa shape index (κ2) is 3.92. The quantitative estimate of drug-likeness (QED) is 0.561. The predicted octanol–water partition coefficient (Wildman–Crippen LogP) is 4.22. The lowest BCUT2D eigenvalue weighted by Crippen LogP contribution is -2.06. The molecule has 0 aromatic heterocycles. The number of hydrogen-bond acceptors (Lipinski definition) is 0. The Kier molecular flexibility index (Phi) is 3.48. The van der Waals surface area contributed by atoms with Crippen molar-refractivity contribution >= 4 is 45.2 Å². The van der Waals surface area contributed by atoms with E-state index in [4.69, 9.17) is 0 Å². The molecule has 0 radical (unpaired) electrons. The zero-order chi connectivity index (χ0) is 10.2. The minimum Gasteiger partial charge on any atom is -0.166 e. The average Bonchev–Trinajstić information content (AvgIpc) is 1.97. The molecule has 0 amide bonds. The summed E-state index contributed by atoms with van der Waals surface area (Å²) in [6, 6.07) is 2.33. The van der Waals surface area contributed by atoms with Crippen molar-refractivity contribution in [1.82, 2.24) is 0 Å². The van der Waals surface area contributed by atoms with E-state index in [2.05, 4.69) is 0 Å². The van der Waals surface area contributed by atoms with Crippen molar-refractivity contribution < 1.29 is 13.2 Å². The van der Waals surface area contributed by atoms with Crippen LogP contribution >= 0.6 is 45.2 Å². The van der Waals surface area contributed by atoms with Gasteiger partial charge in [0, 0.05) is 7.14 Å². The van der Waals surface area contributed by atoms with Gasteiger partial charge in [-0.25, -0.2) is 0 Å². The Bertz CT molecular complexity index is 308. The molecule has 0 spiro atoms. The summed E-state index contributed by atoms with van der Waals surface area (Å²) in [6.45, 7) is 1.81. The fraction of sp³-hybridized carbons (Fsp3) is 0.250. The highest BCUT2D eigenvalue weighted by atomic mass is 127. The molecule has 0 unspecified atom stereocenters. The van der Waals surface area contributed by atoms with E-state index < -0.39 is 11.7 Å². The van der Waals surface area contributed by atoms with E-state index in [1.54, 1.807) is 0 Å². The summed E-state index contributed by atoms with van der Waals surface area (Å²) >= 11 is 3.82. The highest BCUT2D eigenvalue weighted by molar-refractivity contribution is 14.1. The molecular weight excluding hydrogens is 407 g/mol. The predicted molar refractivity (Wildman–Crippen MR) is 61.6 cm³/mol. The number of alkyl halides is 3. The van der Waals surface area contributed by atoms with Gasteiger partial charge in [-0.15, -0.1) is 0 Å². The van der Waals surface area contributed by atoms with Crippen LogP contribution in [0.3, 0.4) is 0 Å². The van der Waals surface area contributed by atoms with Gasteiger partial charge in [0.15, 0.2) is 0 Å². The second-order valence-corrected chi connectivity index (χ2v) is 4.89. The molecule has 1 aromatic rings. The lowest BCUT2D eigenvalue weighted by molar-refractivity contribution is -0.137. The fourth-order valence-electron chi connectivity index (χ4n) is 0.809. The number of benzene rings is 1. The lowest BCUT2D eigenvalue weighted by atomic mass is 10.1. The first-order valence-corrected chi connectivity index (χ1v) is 5.51. The standard InChI is InChI=1S/C8H5F3I2/c1-4-6(12)2-5(3-7(4)13)8(9,10)11/h2-3H,1H3. The van der Waals surface area contributed by atoms with E-state index in [9.17, 15) is 13.2 Å². The number of rotatable bonds is 0. The molecule has 0 heterocycles. The summed E-state index contributed by atoms with van der Waals surface area (Å²) < 4.78 is 38.1.